The molecule has 1 heterocycles. The number of benzene rings is 2. The van der Waals surface area contributed by atoms with Crippen LogP contribution in [0, 0.1) is 28.5 Å². The third kappa shape index (κ3) is 3.98. The monoisotopic (exact) mass is 593 g/mol. The van der Waals surface area contributed by atoms with Gasteiger partial charge in [0.15, 0.2) is 0 Å². The summed E-state index contributed by atoms with van der Waals surface area (Å²) in [7, 11) is 0. The number of hydrogen-bond donors (Lipinski definition) is 2. The number of alkyl halides is 2. The van der Waals surface area contributed by atoms with E-state index in [9.17, 15) is 23.5 Å². The third-order valence-corrected chi connectivity index (χ3v) is 10.9. The van der Waals surface area contributed by atoms with Crippen molar-refractivity contribution in [2.45, 2.75) is 68.8 Å². The Morgan fingerprint density at radius 1 is 1.05 bits per heavy atom. The lowest BCUT2D eigenvalue weighted by Crippen LogP contribution is -2.61. The van der Waals surface area contributed by atoms with E-state index in [1.807, 2.05) is 0 Å². The average Bonchev–Trinajstić information content (AvgIpc) is 3.38. The zero-order valence-electron chi connectivity index (χ0n) is 22.0. The quantitative estimate of drug-likeness (QED) is 0.368. The van der Waals surface area contributed by atoms with E-state index in [0.717, 1.165) is 0 Å². The van der Waals surface area contributed by atoms with Gasteiger partial charge in [0.25, 0.3) is 0 Å². The minimum Gasteiger partial charge on any atom is -0.393 e. The van der Waals surface area contributed by atoms with Gasteiger partial charge in [-0.25, -0.2) is 4.39 Å². The van der Waals surface area contributed by atoms with Gasteiger partial charge in [-0.15, -0.1) is 0 Å². The van der Waals surface area contributed by atoms with Crippen molar-refractivity contribution in [3.8, 4) is 0 Å². The van der Waals surface area contributed by atoms with E-state index < -0.39 is 53.2 Å². The molecule has 2 aromatic carbocycles. The number of fused-ring (bicyclic) bond motifs is 3. The standard InChI is InChI=1S/C31H32Cl2F3NO3/c32-18-6-9-22-24(11-18)37-28(40)31(22)26(20-2-1-3-23(33)27(20)36)21(12-30(31)13-29(14-30,15-34)16-35)25(39)10-17-4-7-19(38)8-5-17/h1-3,6,9,11,17,19,21,26,38H,4-5,7-8,10,12-16H2,(H,37,40)/t17?,19?,21-,26-,31+/m0/s1. The minimum absolute atomic E-state index is 0.0700. The molecular weight excluding hydrogens is 562 g/mol. The van der Waals surface area contributed by atoms with E-state index in [2.05, 4.69) is 5.32 Å². The zero-order valence-corrected chi connectivity index (χ0v) is 23.5. The maximum absolute atomic E-state index is 15.9. The average molecular weight is 595 g/mol. The van der Waals surface area contributed by atoms with Crippen LogP contribution in [0.15, 0.2) is 36.4 Å². The fourth-order valence-corrected chi connectivity index (χ4v) is 9.15. The predicted molar refractivity (Wildman–Crippen MR) is 148 cm³/mol. The summed E-state index contributed by atoms with van der Waals surface area (Å²) < 4.78 is 44.4. The molecule has 2 spiro atoms. The zero-order chi connectivity index (χ0) is 28.4. The molecule has 3 atom stereocenters. The highest BCUT2D eigenvalue weighted by Gasteiger charge is 2.77. The maximum atomic E-state index is 15.9. The van der Waals surface area contributed by atoms with Crippen LogP contribution in [0.25, 0.3) is 0 Å². The molecule has 3 fully saturated rings. The molecular formula is C31H32Cl2F3NO3. The molecule has 0 aromatic heterocycles. The Labute approximate surface area is 241 Å². The predicted octanol–water partition coefficient (Wildman–Crippen LogP) is 7.34. The molecule has 0 radical (unpaired) electrons. The molecule has 0 saturated heterocycles. The van der Waals surface area contributed by atoms with Gasteiger partial charge >= 0.3 is 0 Å². The summed E-state index contributed by atoms with van der Waals surface area (Å²) >= 11 is 12.5. The molecule has 0 unspecified atom stereocenters. The number of amides is 1. The molecule has 1 aliphatic heterocycles. The van der Waals surface area contributed by atoms with Gasteiger partial charge in [-0.1, -0.05) is 41.4 Å². The second kappa shape index (κ2) is 10.0. The van der Waals surface area contributed by atoms with Crippen molar-refractivity contribution in [3.63, 3.8) is 0 Å². The number of halogens is 5. The van der Waals surface area contributed by atoms with Crippen molar-refractivity contribution >= 4 is 40.6 Å². The van der Waals surface area contributed by atoms with Crippen LogP contribution < -0.4 is 5.32 Å². The third-order valence-electron chi connectivity index (χ3n) is 10.4. The van der Waals surface area contributed by atoms with Gasteiger partial charge < -0.3 is 10.4 Å². The SMILES string of the molecule is O=C(CC1CCC(O)CC1)[C@@H]1CC2(CC(CF)(CF)C2)[C@@]2(C(=O)Nc3cc(Cl)ccc32)[C@H]1c1cccc(Cl)c1F. The Hall–Kier alpha value is -2.09. The second-order valence-electron chi connectivity index (χ2n) is 12.6. The van der Waals surface area contributed by atoms with Crippen molar-refractivity contribution in [3.05, 3.63) is 63.4 Å². The molecule has 4 aliphatic rings. The number of Topliss-reactive ketones (excluding diaryl/α,β-unsaturated/α-hetero) is 1. The largest absolute Gasteiger partial charge is 0.393 e. The smallest absolute Gasteiger partial charge is 0.236 e. The van der Waals surface area contributed by atoms with Gasteiger partial charge in [0.2, 0.25) is 5.91 Å². The van der Waals surface area contributed by atoms with Gasteiger partial charge in [0.05, 0.1) is 29.9 Å². The van der Waals surface area contributed by atoms with E-state index in [4.69, 9.17) is 23.2 Å². The minimum atomic E-state index is -1.44. The van der Waals surface area contributed by atoms with E-state index in [1.165, 1.54) is 6.07 Å². The lowest BCUT2D eigenvalue weighted by molar-refractivity contribution is -0.143. The second-order valence-corrected chi connectivity index (χ2v) is 13.5. The molecule has 214 valence electrons. The highest BCUT2D eigenvalue weighted by molar-refractivity contribution is 6.31. The van der Waals surface area contributed by atoms with Crippen LogP contribution in [0.4, 0.5) is 18.9 Å². The van der Waals surface area contributed by atoms with Gasteiger partial charge in [-0.2, -0.15) is 0 Å². The fraction of sp³-hybridized carbons (Fsp3) is 0.548. The maximum Gasteiger partial charge on any atom is 0.236 e. The first-order valence-corrected chi connectivity index (χ1v) is 14.7. The number of aliphatic hydroxyl groups excluding tert-OH is 1. The summed E-state index contributed by atoms with van der Waals surface area (Å²) in [5.41, 5.74) is -2.42. The number of aliphatic hydroxyl groups is 1. The first-order valence-electron chi connectivity index (χ1n) is 14.0. The number of carbonyl (C=O) groups excluding carboxylic acids is 2. The Bertz CT molecular complexity index is 1350. The summed E-state index contributed by atoms with van der Waals surface area (Å²) in [6.45, 7) is -1.76. The Kier molecular flexibility index (Phi) is 7.03. The lowest BCUT2D eigenvalue weighted by atomic mass is 9.43. The highest BCUT2D eigenvalue weighted by Crippen LogP contribution is 2.77. The van der Waals surface area contributed by atoms with Crippen molar-refractivity contribution in [1.29, 1.82) is 0 Å². The van der Waals surface area contributed by atoms with E-state index >= 15 is 4.39 Å². The van der Waals surface area contributed by atoms with Gasteiger partial charge in [-0.3, -0.25) is 18.4 Å². The lowest BCUT2D eigenvalue weighted by Gasteiger charge is -2.59. The van der Waals surface area contributed by atoms with Crippen molar-refractivity contribution in [2.24, 2.45) is 22.7 Å². The van der Waals surface area contributed by atoms with Crippen LogP contribution in [0.3, 0.4) is 0 Å². The number of rotatable bonds is 6. The Morgan fingerprint density at radius 2 is 1.75 bits per heavy atom. The van der Waals surface area contributed by atoms with Crippen LogP contribution in [-0.2, 0) is 15.0 Å². The number of nitrogens with one attached hydrogen (secondary N) is 1. The van der Waals surface area contributed by atoms with E-state index in [-0.39, 0.29) is 54.1 Å². The number of anilines is 1. The van der Waals surface area contributed by atoms with Crippen LogP contribution in [0.5, 0.6) is 0 Å². The first-order chi connectivity index (χ1) is 19.1. The molecule has 4 nitrogen and oxygen atoms in total. The van der Waals surface area contributed by atoms with Crippen molar-refractivity contribution in [1.82, 2.24) is 0 Å². The molecule has 40 heavy (non-hydrogen) atoms. The number of ketones is 1. The summed E-state index contributed by atoms with van der Waals surface area (Å²) in [4.78, 5) is 28.5. The number of hydrogen-bond acceptors (Lipinski definition) is 3. The van der Waals surface area contributed by atoms with Gasteiger partial charge in [-0.05, 0) is 85.6 Å². The van der Waals surface area contributed by atoms with Crippen molar-refractivity contribution in [2.75, 3.05) is 18.7 Å². The van der Waals surface area contributed by atoms with Crippen LogP contribution in [0.2, 0.25) is 10.0 Å². The summed E-state index contributed by atoms with van der Waals surface area (Å²) in [6.07, 6.45) is 2.89. The van der Waals surface area contributed by atoms with Crippen LogP contribution >= 0.6 is 23.2 Å². The summed E-state index contributed by atoms with van der Waals surface area (Å²) in [5, 5.41) is 13.2. The van der Waals surface area contributed by atoms with E-state index in [0.29, 0.717) is 42.0 Å². The summed E-state index contributed by atoms with van der Waals surface area (Å²) in [5.74, 6) is -2.79. The Morgan fingerprint density at radius 3 is 2.42 bits per heavy atom. The van der Waals surface area contributed by atoms with Crippen molar-refractivity contribution < 1.29 is 27.9 Å². The van der Waals surface area contributed by atoms with Gasteiger partial charge in [0.1, 0.15) is 11.6 Å². The number of carbonyl (C=O) groups is 2. The van der Waals surface area contributed by atoms with Crippen LogP contribution in [0.1, 0.15) is 68.4 Å². The topological polar surface area (TPSA) is 66.4 Å². The first kappa shape index (κ1) is 28.0. The molecule has 3 saturated carbocycles. The molecule has 9 heteroatoms. The van der Waals surface area contributed by atoms with Gasteiger partial charge in [0, 0.05) is 34.4 Å². The molecule has 2 N–H and O–H groups in total. The fourth-order valence-electron chi connectivity index (χ4n) is 8.80. The van der Waals surface area contributed by atoms with Crippen LogP contribution in [-0.4, -0.2) is 36.3 Å². The van der Waals surface area contributed by atoms with E-state index in [1.54, 1.807) is 30.3 Å². The molecule has 1 amide bonds. The molecule has 3 aliphatic carbocycles. The Balaban J connectivity index is 1.53. The highest BCUT2D eigenvalue weighted by atomic mass is 35.5. The molecule has 2 aromatic rings. The summed E-state index contributed by atoms with van der Waals surface area (Å²) in [6, 6.07) is 9.61. The normalized spacial score (nSPS) is 31.7. The molecule has 0 bridgehead atoms. The molecule has 6 rings (SSSR count).